The first kappa shape index (κ1) is 18.2. The minimum atomic E-state index is -0.482. The number of hydrogen-bond donors (Lipinski definition) is 0. The molecule has 0 fully saturated rings. The molecule has 1 heterocycles. The van der Waals surface area contributed by atoms with Gasteiger partial charge in [0.25, 0.3) is 0 Å². The Labute approximate surface area is 171 Å². The van der Waals surface area contributed by atoms with E-state index in [0.29, 0.717) is 11.6 Å². The largest absolute Gasteiger partial charge is 0.496 e. The van der Waals surface area contributed by atoms with E-state index < -0.39 is 5.97 Å². The van der Waals surface area contributed by atoms with Gasteiger partial charge in [0.15, 0.2) is 5.70 Å². The molecule has 0 N–H and O–H groups in total. The minimum Gasteiger partial charge on any atom is -0.496 e. The van der Waals surface area contributed by atoms with E-state index >= 15 is 0 Å². The number of carbonyl (C=O) groups is 1. The summed E-state index contributed by atoms with van der Waals surface area (Å²) < 4.78 is 11.6. The van der Waals surface area contributed by atoms with Crippen LogP contribution in [0.2, 0.25) is 0 Å². The van der Waals surface area contributed by atoms with Crippen LogP contribution in [0, 0.1) is 0 Å². The summed E-state index contributed by atoms with van der Waals surface area (Å²) >= 11 is 3.43. The van der Waals surface area contributed by atoms with Gasteiger partial charge in [-0.15, -0.1) is 0 Å². The predicted octanol–water partition coefficient (Wildman–Crippen LogP) is 5.47. The van der Waals surface area contributed by atoms with Crippen molar-refractivity contribution in [3.05, 3.63) is 94.1 Å². The molecule has 1 aliphatic heterocycles. The topological polar surface area (TPSA) is 47.9 Å². The van der Waals surface area contributed by atoms with Gasteiger partial charge in [-0.05, 0) is 47.5 Å². The highest BCUT2D eigenvalue weighted by Crippen LogP contribution is 2.28. The van der Waals surface area contributed by atoms with Crippen LogP contribution >= 0.6 is 15.9 Å². The second-order valence-corrected chi connectivity index (χ2v) is 7.08. The number of ether oxygens (including phenoxy) is 2. The van der Waals surface area contributed by atoms with Crippen molar-refractivity contribution in [2.75, 3.05) is 7.11 Å². The van der Waals surface area contributed by atoms with Gasteiger partial charge >= 0.3 is 5.97 Å². The molecule has 3 aromatic carbocycles. The number of rotatable bonds is 4. The fraction of sp³-hybridized carbons (Fsp3) is 0.0435. The van der Waals surface area contributed by atoms with E-state index in [1.165, 1.54) is 0 Å². The van der Waals surface area contributed by atoms with Gasteiger partial charge < -0.3 is 9.47 Å². The molecule has 1 aliphatic rings. The molecule has 5 heteroatoms. The third-order valence-electron chi connectivity index (χ3n) is 4.34. The third kappa shape index (κ3) is 3.75. The average Bonchev–Trinajstić information content (AvgIpc) is 3.09. The smallest absolute Gasteiger partial charge is 0.363 e. The molecule has 0 amide bonds. The van der Waals surface area contributed by atoms with Crippen molar-refractivity contribution in [2.45, 2.75) is 0 Å². The van der Waals surface area contributed by atoms with Gasteiger partial charge in [0.2, 0.25) is 5.90 Å². The van der Waals surface area contributed by atoms with Crippen molar-refractivity contribution in [3.8, 4) is 16.9 Å². The quantitative estimate of drug-likeness (QED) is 0.404. The van der Waals surface area contributed by atoms with Crippen LogP contribution in [0.15, 0.2) is 88.0 Å². The summed E-state index contributed by atoms with van der Waals surface area (Å²) in [6, 6.07) is 23.4. The Morgan fingerprint density at radius 3 is 2.32 bits per heavy atom. The Morgan fingerprint density at radius 2 is 1.61 bits per heavy atom. The molecular formula is C23H16BrNO3. The molecule has 28 heavy (non-hydrogen) atoms. The van der Waals surface area contributed by atoms with E-state index in [9.17, 15) is 4.79 Å². The van der Waals surface area contributed by atoms with Crippen LogP contribution < -0.4 is 4.74 Å². The summed E-state index contributed by atoms with van der Waals surface area (Å²) in [6.07, 6.45) is 1.66. The highest BCUT2D eigenvalue weighted by molar-refractivity contribution is 9.10. The Hall–Kier alpha value is -3.18. The fourth-order valence-electron chi connectivity index (χ4n) is 2.93. The van der Waals surface area contributed by atoms with E-state index in [4.69, 9.17) is 9.47 Å². The Bertz CT molecular complexity index is 1090. The number of halogens is 1. The molecule has 0 aromatic heterocycles. The molecule has 4 nitrogen and oxygen atoms in total. The summed E-state index contributed by atoms with van der Waals surface area (Å²) in [6.45, 7) is 0. The number of esters is 1. The second kappa shape index (κ2) is 7.82. The lowest BCUT2D eigenvalue weighted by Gasteiger charge is -2.04. The lowest BCUT2D eigenvalue weighted by molar-refractivity contribution is -0.129. The summed E-state index contributed by atoms with van der Waals surface area (Å²) in [7, 11) is 1.58. The number of benzene rings is 3. The zero-order chi connectivity index (χ0) is 19.5. The van der Waals surface area contributed by atoms with Crippen molar-refractivity contribution in [3.63, 3.8) is 0 Å². The van der Waals surface area contributed by atoms with E-state index in [1.807, 2.05) is 72.8 Å². The molecule has 0 aliphatic carbocycles. The number of aliphatic imine (C=N–C) groups is 1. The van der Waals surface area contributed by atoms with Crippen molar-refractivity contribution < 1.29 is 14.3 Å². The standard InChI is InChI=1S/C23H16BrNO3/c1-27-21-12-11-19(24)13-18(21)14-20-23(26)28-22(25-20)17-9-7-16(8-10-17)15-5-3-2-4-6-15/h2-14H,1H3/b20-14-. The molecule has 0 radical (unpaired) electrons. The highest BCUT2D eigenvalue weighted by atomic mass is 79.9. The highest BCUT2D eigenvalue weighted by Gasteiger charge is 2.24. The molecule has 0 unspecified atom stereocenters. The first-order chi connectivity index (χ1) is 13.6. The monoisotopic (exact) mass is 433 g/mol. The third-order valence-corrected chi connectivity index (χ3v) is 4.84. The number of hydrogen-bond acceptors (Lipinski definition) is 4. The molecule has 4 rings (SSSR count). The lowest BCUT2D eigenvalue weighted by Crippen LogP contribution is -2.05. The van der Waals surface area contributed by atoms with Gasteiger partial charge in [-0.1, -0.05) is 58.4 Å². The molecule has 0 atom stereocenters. The fourth-order valence-corrected chi connectivity index (χ4v) is 3.31. The number of nitrogens with zero attached hydrogens (tertiary/aromatic N) is 1. The molecule has 138 valence electrons. The molecular weight excluding hydrogens is 418 g/mol. The first-order valence-electron chi connectivity index (χ1n) is 8.66. The lowest BCUT2D eigenvalue weighted by atomic mass is 10.0. The van der Waals surface area contributed by atoms with Gasteiger partial charge in [0.1, 0.15) is 5.75 Å². The van der Waals surface area contributed by atoms with Gasteiger partial charge in [0, 0.05) is 15.6 Å². The molecule has 3 aromatic rings. The summed E-state index contributed by atoms with van der Waals surface area (Å²) in [4.78, 5) is 16.7. The van der Waals surface area contributed by atoms with Crippen molar-refractivity contribution in [1.82, 2.24) is 0 Å². The van der Waals surface area contributed by atoms with Crippen LogP contribution in [0.1, 0.15) is 11.1 Å². The second-order valence-electron chi connectivity index (χ2n) is 6.17. The maximum atomic E-state index is 12.3. The van der Waals surface area contributed by atoms with Gasteiger partial charge in [-0.25, -0.2) is 9.79 Å². The van der Waals surface area contributed by atoms with Crippen LogP contribution in [0.25, 0.3) is 17.2 Å². The van der Waals surface area contributed by atoms with Crippen LogP contribution in [-0.2, 0) is 9.53 Å². The zero-order valence-corrected chi connectivity index (χ0v) is 16.6. The molecule has 0 saturated heterocycles. The van der Waals surface area contributed by atoms with Crippen LogP contribution in [0.5, 0.6) is 5.75 Å². The molecule has 0 saturated carbocycles. The summed E-state index contributed by atoms with van der Waals surface area (Å²) in [5, 5.41) is 0. The Kier molecular flexibility index (Phi) is 5.08. The van der Waals surface area contributed by atoms with Crippen LogP contribution in [0.4, 0.5) is 0 Å². The Morgan fingerprint density at radius 1 is 0.929 bits per heavy atom. The normalized spacial score (nSPS) is 14.7. The van der Waals surface area contributed by atoms with Gasteiger partial charge in [-0.3, -0.25) is 0 Å². The zero-order valence-electron chi connectivity index (χ0n) is 15.1. The predicted molar refractivity (Wildman–Crippen MR) is 113 cm³/mol. The maximum Gasteiger partial charge on any atom is 0.363 e. The van der Waals surface area contributed by atoms with Crippen molar-refractivity contribution in [2.24, 2.45) is 4.99 Å². The summed E-state index contributed by atoms with van der Waals surface area (Å²) in [5.74, 6) is 0.466. The van der Waals surface area contributed by atoms with Gasteiger partial charge in [-0.2, -0.15) is 0 Å². The number of cyclic esters (lactones) is 1. The number of carbonyl (C=O) groups excluding carboxylic acids is 1. The van der Waals surface area contributed by atoms with E-state index in [0.717, 1.165) is 26.7 Å². The van der Waals surface area contributed by atoms with Crippen molar-refractivity contribution in [1.29, 1.82) is 0 Å². The maximum absolute atomic E-state index is 12.3. The Balaban J connectivity index is 1.64. The van der Waals surface area contributed by atoms with Gasteiger partial charge in [0.05, 0.1) is 7.11 Å². The van der Waals surface area contributed by atoms with E-state index in [1.54, 1.807) is 13.2 Å². The van der Waals surface area contributed by atoms with E-state index in [2.05, 4.69) is 20.9 Å². The minimum absolute atomic E-state index is 0.235. The average molecular weight is 434 g/mol. The molecule has 0 bridgehead atoms. The van der Waals surface area contributed by atoms with E-state index in [-0.39, 0.29) is 5.70 Å². The first-order valence-corrected chi connectivity index (χ1v) is 9.45. The number of methoxy groups -OCH3 is 1. The van der Waals surface area contributed by atoms with Crippen molar-refractivity contribution >= 4 is 33.9 Å². The van der Waals surface area contributed by atoms with Crippen LogP contribution in [0.3, 0.4) is 0 Å². The van der Waals surface area contributed by atoms with Crippen LogP contribution in [-0.4, -0.2) is 19.0 Å². The molecule has 0 spiro atoms. The summed E-state index contributed by atoms with van der Waals surface area (Å²) in [5.41, 5.74) is 3.94. The SMILES string of the molecule is COc1ccc(Br)cc1/C=C1\N=C(c2ccc(-c3ccccc3)cc2)OC1=O.